The van der Waals surface area contributed by atoms with Crippen LogP contribution in [0.1, 0.15) is 51.2 Å². The molecule has 0 heterocycles. The Balaban J connectivity index is 2.19. The largest absolute Gasteiger partial charge is 0.508 e. The average Bonchev–Trinajstić information content (AvgIpc) is 2.26. The molecule has 102 valence electrons. The maximum Gasteiger partial charge on any atom is 0.141 e. The van der Waals surface area contributed by atoms with E-state index in [1.165, 1.54) is 12.0 Å². The van der Waals surface area contributed by atoms with E-state index in [9.17, 15) is 9.90 Å². The Morgan fingerprint density at radius 1 is 1.21 bits per heavy atom. The molecule has 2 unspecified atom stereocenters. The van der Waals surface area contributed by atoms with Crippen molar-refractivity contribution >= 4 is 5.78 Å². The van der Waals surface area contributed by atoms with Gasteiger partial charge in [0.1, 0.15) is 11.5 Å². The minimum Gasteiger partial charge on any atom is -0.508 e. The smallest absolute Gasteiger partial charge is 0.141 e. The minimum atomic E-state index is -0.0554. The van der Waals surface area contributed by atoms with E-state index < -0.39 is 0 Å². The molecule has 2 aliphatic rings. The van der Waals surface area contributed by atoms with E-state index in [0.717, 1.165) is 18.4 Å². The summed E-state index contributed by atoms with van der Waals surface area (Å²) in [5, 5.41) is 9.65. The van der Waals surface area contributed by atoms with Crippen LogP contribution < -0.4 is 0 Å². The molecule has 1 saturated carbocycles. The number of carbonyl (C=O) groups is 1. The lowest BCUT2D eigenvalue weighted by Crippen LogP contribution is -2.52. The van der Waals surface area contributed by atoms with Gasteiger partial charge < -0.3 is 5.11 Å². The summed E-state index contributed by atoms with van der Waals surface area (Å²) in [6.07, 6.45) is 3.86. The maximum atomic E-state index is 12.6. The second-order valence-corrected chi connectivity index (χ2v) is 7.18. The number of ketones is 1. The maximum absolute atomic E-state index is 12.6. The second kappa shape index (κ2) is 3.84. The Labute approximate surface area is 114 Å². The molecule has 0 radical (unpaired) electrons. The van der Waals surface area contributed by atoms with Crippen molar-refractivity contribution in [2.75, 3.05) is 0 Å². The summed E-state index contributed by atoms with van der Waals surface area (Å²) in [5.74, 6) is 0.736. The Kier molecular flexibility index (Phi) is 2.57. The predicted molar refractivity (Wildman–Crippen MR) is 75.3 cm³/mol. The van der Waals surface area contributed by atoms with Crippen molar-refractivity contribution < 1.29 is 9.90 Å². The zero-order valence-electron chi connectivity index (χ0n) is 12.0. The number of hydrogen-bond donors (Lipinski definition) is 1. The number of hydrogen-bond acceptors (Lipinski definition) is 2. The first kappa shape index (κ1) is 12.7. The van der Waals surface area contributed by atoms with E-state index in [0.29, 0.717) is 12.2 Å². The van der Waals surface area contributed by atoms with Crippen LogP contribution in [-0.4, -0.2) is 10.9 Å². The fraction of sp³-hybridized carbons (Fsp3) is 0.588. The van der Waals surface area contributed by atoms with Crippen LogP contribution in [0.3, 0.4) is 0 Å². The number of Topliss-reactive ketones (excluding diaryl/α,β-unsaturated/α-hetero) is 1. The van der Waals surface area contributed by atoms with Gasteiger partial charge in [-0.3, -0.25) is 4.79 Å². The lowest BCUT2D eigenvalue weighted by Gasteiger charge is -2.53. The third kappa shape index (κ3) is 1.73. The summed E-state index contributed by atoms with van der Waals surface area (Å²) >= 11 is 0. The summed E-state index contributed by atoms with van der Waals surface area (Å²) in [6, 6.07) is 5.57. The van der Waals surface area contributed by atoms with Crippen LogP contribution in [0.25, 0.3) is 0 Å². The average molecular weight is 258 g/mol. The van der Waals surface area contributed by atoms with Gasteiger partial charge in [-0.05, 0) is 41.5 Å². The Bertz CT molecular complexity index is 544. The van der Waals surface area contributed by atoms with Crippen molar-refractivity contribution in [3.8, 4) is 5.75 Å². The molecule has 2 atom stereocenters. The number of aromatic hydroxyl groups is 1. The molecule has 0 spiro atoms. The monoisotopic (exact) mass is 258 g/mol. The molecule has 1 aromatic rings. The molecule has 0 saturated heterocycles. The van der Waals surface area contributed by atoms with Crippen LogP contribution in [0, 0.1) is 11.3 Å². The molecule has 2 heteroatoms. The number of fused-ring (bicyclic) bond motifs is 3. The molecule has 0 amide bonds. The fourth-order valence-electron chi connectivity index (χ4n) is 4.72. The van der Waals surface area contributed by atoms with Gasteiger partial charge >= 0.3 is 0 Å². The first-order chi connectivity index (χ1) is 8.84. The first-order valence-electron chi connectivity index (χ1n) is 7.20. The molecule has 1 fully saturated rings. The van der Waals surface area contributed by atoms with Gasteiger partial charge in [-0.15, -0.1) is 0 Å². The molecule has 1 N–H and O–H groups in total. The van der Waals surface area contributed by atoms with Crippen LogP contribution in [0.2, 0.25) is 0 Å². The predicted octanol–water partition coefficient (Wildman–Crippen LogP) is 3.60. The molecular formula is C17H22O2. The SMILES string of the molecule is CC1(C)CCCC2(C)c3ccc(O)cc3CC(=O)C12. The molecule has 2 aliphatic carbocycles. The molecular weight excluding hydrogens is 236 g/mol. The normalized spacial score (nSPS) is 32.6. The highest BCUT2D eigenvalue weighted by Gasteiger charge is 2.53. The lowest BCUT2D eigenvalue weighted by atomic mass is 9.50. The third-order valence-electron chi connectivity index (χ3n) is 5.33. The Morgan fingerprint density at radius 3 is 2.68 bits per heavy atom. The van der Waals surface area contributed by atoms with Crippen molar-refractivity contribution in [3.63, 3.8) is 0 Å². The van der Waals surface area contributed by atoms with E-state index in [-0.39, 0.29) is 22.5 Å². The summed E-state index contributed by atoms with van der Waals surface area (Å²) in [4.78, 5) is 12.6. The highest BCUT2D eigenvalue weighted by atomic mass is 16.3. The quantitative estimate of drug-likeness (QED) is 0.772. The zero-order chi connectivity index (χ0) is 13.8. The summed E-state index contributed by atoms with van der Waals surface area (Å²) < 4.78 is 0. The van der Waals surface area contributed by atoms with Crippen molar-refractivity contribution in [1.82, 2.24) is 0 Å². The van der Waals surface area contributed by atoms with Gasteiger partial charge in [0.25, 0.3) is 0 Å². The van der Waals surface area contributed by atoms with Crippen LogP contribution in [-0.2, 0) is 16.6 Å². The number of benzene rings is 1. The Hall–Kier alpha value is -1.31. The highest BCUT2D eigenvalue weighted by molar-refractivity contribution is 5.88. The van der Waals surface area contributed by atoms with E-state index in [1.807, 2.05) is 6.07 Å². The van der Waals surface area contributed by atoms with Gasteiger partial charge in [0.05, 0.1) is 0 Å². The number of phenolic OH excluding ortho intramolecular Hbond substituents is 1. The van der Waals surface area contributed by atoms with Crippen molar-refractivity contribution in [1.29, 1.82) is 0 Å². The molecule has 0 aromatic heterocycles. The highest BCUT2D eigenvalue weighted by Crippen LogP contribution is 2.55. The molecule has 0 bridgehead atoms. The van der Waals surface area contributed by atoms with E-state index >= 15 is 0 Å². The molecule has 1 aromatic carbocycles. The molecule has 2 nitrogen and oxygen atoms in total. The zero-order valence-corrected chi connectivity index (χ0v) is 12.0. The van der Waals surface area contributed by atoms with E-state index in [2.05, 4.69) is 20.8 Å². The minimum absolute atomic E-state index is 0.0554. The van der Waals surface area contributed by atoms with Crippen molar-refractivity contribution in [2.45, 2.75) is 51.9 Å². The lowest BCUT2D eigenvalue weighted by molar-refractivity contribution is -0.132. The van der Waals surface area contributed by atoms with Gasteiger partial charge in [0, 0.05) is 17.8 Å². The number of carbonyl (C=O) groups excluding carboxylic acids is 1. The topological polar surface area (TPSA) is 37.3 Å². The fourth-order valence-corrected chi connectivity index (χ4v) is 4.72. The van der Waals surface area contributed by atoms with E-state index in [4.69, 9.17) is 0 Å². The van der Waals surface area contributed by atoms with Gasteiger partial charge in [-0.2, -0.15) is 0 Å². The molecule has 0 aliphatic heterocycles. The van der Waals surface area contributed by atoms with Gasteiger partial charge in [0.2, 0.25) is 0 Å². The standard InChI is InChI=1S/C17H22O2/c1-16(2)7-4-8-17(3)13-6-5-12(18)9-11(13)10-14(19)15(16)17/h5-6,9,15,18H,4,7-8,10H2,1-3H3. The molecule has 19 heavy (non-hydrogen) atoms. The van der Waals surface area contributed by atoms with Gasteiger partial charge in [0.15, 0.2) is 0 Å². The summed E-state index contributed by atoms with van der Waals surface area (Å²) in [7, 11) is 0. The van der Waals surface area contributed by atoms with E-state index in [1.54, 1.807) is 12.1 Å². The van der Waals surface area contributed by atoms with Gasteiger partial charge in [-0.1, -0.05) is 33.3 Å². The van der Waals surface area contributed by atoms with Crippen LogP contribution >= 0.6 is 0 Å². The van der Waals surface area contributed by atoms with Crippen LogP contribution in [0.4, 0.5) is 0 Å². The van der Waals surface area contributed by atoms with Crippen LogP contribution in [0.5, 0.6) is 5.75 Å². The number of rotatable bonds is 0. The number of phenols is 1. The second-order valence-electron chi connectivity index (χ2n) is 7.18. The van der Waals surface area contributed by atoms with Gasteiger partial charge in [-0.25, -0.2) is 0 Å². The Morgan fingerprint density at radius 2 is 1.95 bits per heavy atom. The summed E-state index contributed by atoms with van der Waals surface area (Å²) in [5.41, 5.74) is 2.34. The third-order valence-corrected chi connectivity index (χ3v) is 5.33. The van der Waals surface area contributed by atoms with Crippen LogP contribution in [0.15, 0.2) is 18.2 Å². The first-order valence-corrected chi connectivity index (χ1v) is 7.20. The van der Waals surface area contributed by atoms with Crippen molar-refractivity contribution in [3.05, 3.63) is 29.3 Å². The summed E-state index contributed by atoms with van der Waals surface area (Å²) in [6.45, 7) is 6.71. The molecule has 3 rings (SSSR count). The van der Waals surface area contributed by atoms with Crippen molar-refractivity contribution in [2.24, 2.45) is 11.3 Å².